The van der Waals surface area contributed by atoms with E-state index in [4.69, 9.17) is 15.2 Å². The highest BCUT2D eigenvalue weighted by molar-refractivity contribution is 9.10. The molecule has 4 nitrogen and oxygen atoms in total. The third-order valence-corrected chi connectivity index (χ3v) is 2.86. The number of nitrogens with zero attached hydrogens (tertiary/aromatic N) is 1. The fourth-order valence-electron chi connectivity index (χ4n) is 1.47. The van der Waals surface area contributed by atoms with Crippen molar-refractivity contribution in [1.82, 2.24) is 4.98 Å². The smallest absolute Gasteiger partial charge is 0.222 e. The monoisotopic (exact) mass is 308 g/mol. The van der Waals surface area contributed by atoms with Crippen molar-refractivity contribution in [2.75, 3.05) is 12.8 Å². The minimum atomic E-state index is 0.526. The van der Waals surface area contributed by atoms with Crippen LogP contribution in [0.2, 0.25) is 0 Å². The summed E-state index contributed by atoms with van der Waals surface area (Å²) in [7, 11) is 1.60. The van der Waals surface area contributed by atoms with Gasteiger partial charge in [-0.25, -0.2) is 4.98 Å². The van der Waals surface area contributed by atoms with E-state index in [2.05, 4.69) is 20.9 Å². The lowest BCUT2D eigenvalue weighted by molar-refractivity contribution is 0.407. The number of aryl methyl sites for hydroxylation is 1. The SMILES string of the molecule is COc1ccc(N)c(Oc2ncc(Br)cc2C)c1. The molecule has 0 saturated heterocycles. The molecular formula is C13H13BrN2O2. The first kappa shape index (κ1) is 12.7. The molecule has 0 amide bonds. The molecule has 0 aliphatic carbocycles. The van der Waals surface area contributed by atoms with Crippen molar-refractivity contribution in [3.63, 3.8) is 0 Å². The zero-order chi connectivity index (χ0) is 13.1. The van der Waals surface area contributed by atoms with Crippen LogP contribution in [0, 0.1) is 6.92 Å². The Bertz CT molecular complexity index is 573. The Morgan fingerprint density at radius 2 is 2.06 bits per heavy atom. The van der Waals surface area contributed by atoms with E-state index < -0.39 is 0 Å². The maximum Gasteiger partial charge on any atom is 0.222 e. The first-order chi connectivity index (χ1) is 8.60. The molecule has 1 heterocycles. The topological polar surface area (TPSA) is 57.4 Å². The second-order valence-electron chi connectivity index (χ2n) is 3.78. The van der Waals surface area contributed by atoms with Crippen molar-refractivity contribution in [2.24, 2.45) is 0 Å². The third kappa shape index (κ3) is 2.73. The van der Waals surface area contributed by atoms with E-state index in [9.17, 15) is 0 Å². The number of ether oxygens (including phenoxy) is 2. The Kier molecular flexibility index (Phi) is 3.72. The van der Waals surface area contributed by atoms with Crippen LogP contribution in [0.3, 0.4) is 0 Å². The highest BCUT2D eigenvalue weighted by Crippen LogP contribution is 2.32. The predicted octanol–water partition coefficient (Wildman–Crippen LogP) is 3.54. The van der Waals surface area contributed by atoms with Crippen LogP contribution in [0.5, 0.6) is 17.4 Å². The number of pyridine rings is 1. The largest absolute Gasteiger partial charge is 0.497 e. The Hall–Kier alpha value is -1.75. The molecule has 0 aliphatic rings. The Labute approximate surface area is 114 Å². The van der Waals surface area contributed by atoms with Gasteiger partial charge >= 0.3 is 0 Å². The molecule has 0 bridgehead atoms. The van der Waals surface area contributed by atoms with E-state index in [0.29, 0.717) is 23.1 Å². The van der Waals surface area contributed by atoms with Crippen LogP contribution in [0.1, 0.15) is 5.56 Å². The molecule has 0 spiro atoms. The highest BCUT2D eigenvalue weighted by atomic mass is 79.9. The second kappa shape index (κ2) is 5.27. The average Bonchev–Trinajstić information content (AvgIpc) is 2.35. The Morgan fingerprint density at radius 1 is 1.28 bits per heavy atom. The van der Waals surface area contributed by atoms with Gasteiger partial charge in [0.05, 0.1) is 12.8 Å². The molecule has 1 aromatic carbocycles. The number of halogens is 1. The molecule has 2 rings (SSSR count). The lowest BCUT2D eigenvalue weighted by Gasteiger charge is -2.11. The van der Waals surface area contributed by atoms with Gasteiger partial charge in [-0.15, -0.1) is 0 Å². The van der Waals surface area contributed by atoms with Crippen molar-refractivity contribution in [1.29, 1.82) is 0 Å². The number of hydrogen-bond donors (Lipinski definition) is 1. The molecule has 0 saturated carbocycles. The summed E-state index contributed by atoms with van der Waals surface area (Å²) < 4.78 is 11.7. The fourth-order valence-corrected chi connectivity index (χ4v) is 1.91. The minimum Gasteiger partial charge on any atom is -0.497 e. The number of rotatable bonds is 3. The second-order valence-corrected chi connectivity index (χ2v) is 4.70. The van der Waals surface area contributed by atoms with E-state index in [1.165, 1.54) is 0 Å². The Morgan fingerprint density at radius 3 is 2.72 bits per heavy atom. The molecule has 18 heavy (non-hydrogen) atoms. The molecule has 0 fully saturated rings. The summed E-state index contributed by atoms with van der Waals surface area (Å²) in [5.74, 6) is 1.75. The Balaban J connectivity index is 2.33. The fraction of sp³-hybridized carbons (Fsp3) is 0.154. The van der Waals surface area contributed by atoms with Gasteiger partial charge in [-0.2, -0.15) is 0 Å². The number of anilines is 1. The molecule has 5 heteroatoms. The highest BCUT2D eigenvalue weighted by Gasteiger charge is 2.08. The van der Waals surface area contributed by atoms with E-state index in [-0.39, 0.29) is 0 Å². The average molecular weight is 309 g/mol. The van der Waals surface area contributed by atoms with Crippen LogP contribution in [0.4, 0.5) is 5.69 Å². The summed E-state index contributed by atoms with van der Waals surface area (Å²) >= 11 is 3.36. The summed E-state index contributed by atoms with van der Waals surface area (Å²) in [6.45, 7) is 1.92. The predicted molar refractivity (Wildman–Crippen MR) is 74.2 cm³/mol. The summed E-state index contributed by atoms with van der Waals surface area (Å²) in [6, 6.07) is 7.18. The van der Waals surface area contributed by atoms with E-state index >= 15 is 0 Å². The molecule has 1 aromatic heterocycles. The standard InChI is InChI=1S/C13H13BrN2O2/c1-8-5-9(14)7-16-13(8)18-12-6-10(17-2)3-4-11(12)15/h3-7H,15H2,1-2H3. The van der Waals surface area contributed by atoms with Crippen LogP contribution >= 0.6 is 15.9 Å². The van der Waals surface area contributed by atoms with Gasteiger partial charge in [0.2, 0.25) is 5.88 Å². The minimum absolute atomic E-state index is 0.526. The molecule has 2 aromatic rings. The van der Waals surface area contributed by atoms with Crippen molar-refractivity contribution in [3.8, 4) is 17.4 Å². The van der Waals surface area contributed by atoms with E-state index in [0.717, 1.165) is 10.0 Å². The normalized spacial score (nSPS) is 10.2. The van der Waals surface area contributed by atoms with Gasteiger partial charge in [0.1, 0.15) is 5.75 Å². The van der Waals surface area contributed by atoms with Crippen molar-refractivity contribution in [2.45, 2.75) is 6.92 Å². The van der Waals surface area contributed by atoms with Crippen LogP contribution in [0.15, 0.2) is 34.9 Å². The maximum atomic E-state index is 5.85. The maximum absolute atomic E-state index is 5.85. The molecule has 2 N–H and O–H groups in total. The molecule has 0 atom stereocenters. The molecular weight excluding hydrogens is 296 g/mol. The van der Waals surface area contributed by atoms with Gasteiger partial charge < -0.3 is 15.2 Å². The quantitative estimate of drug-likeness (QED) is 0.881. The summed E-state index contributed by atoms with van der Waals surface area (Å²) in [6.07, 6.45) is 1.68. The van der Waals surface area contributed by atoms with Crippen LogP contribution < -0.4 is 15.2 Å². The summed E-state index contributed by atoms with van der Waals surface area (Å²) in [5.41, 5.74) is 7.32. The summed E-state index contributed by atoms with van der Waals surface area (Å²) in [4.78, 5) is 4.20. The zero-order valence-corrected chi connectivity index (χ0v) is 11.7. The summed E-state index contributed by atoms with van der Waals surface area (Å²) in [5, 5.41) is 0. The number of benzene rings is 1. The lowest BCUT2D eigenvalue weighted by Crippen LogP contribution is -1.96. The number of nitrogens with two attached hydrogens (primary N) is 1. The van der Waals surface area contributed by atoms with Gasteiger partial charge in [-0.1, -0.05) is 0 Å². The van der Waals surface area contributed by atoms with Gasteiger partial charge in [0, 0.05) is 22.3 Å². The van der Waals surface area contributed by atoms with Crippen molar-refractivity contribution in [3.05, 3.63) is 40.5 Å². The number of aromatic nitrogens is 1. The number of methoxy groups -OCH3 is 1. The lowest BCUT2D eigenvalue weighted by atomic mass is 10.2. The van der Waals surface area contributed by atoms with Crippen LogP contribution in [-0.2, 0) is 0 Å². The molecule has 94 valence electrons. The first-order valence-corrected chi connectivity index (χ1v) is 6.13. The van der Waals surface area contributed by atoms with E-state index in [1.54, 1.807) is 31.5 Å². The van der Waals surface area contributed by atoms with E-state index in [1.807, 2.05) is 13.0 Å². The van der Waals surface area contributed by atoms with Crippen LogP contribution in [0.25, 0.3) is 0 Å². The van der Waals surface area contributed by atoms with Crippen LogP contribution in [-0.4, -0.2) is 12.1 Å². The molecule has 0 radical (unpaired) electrons. The van der Waals surface area contributed by atoms with Gasteiger partial charge in [-0.05, 0) is 41.1 Å². The van der Waals surface area contributed by atoms with Gasteiger partial charge in [0.25, 0.3) is 0 Å². The molecule has 0 unspecified atom stereocenters. The third-order valence-electron chi connectivity index (χ3n) is 2.42. The number of hydrogen-bond acceptors (Lipinski definition) is 4. The van der Waals surface area contributed by atoms with Gasteiger partial charge in [-0.3, -0.25) is 0 Å². The van der Waals surface area contributed by atoms with Gasteiger partial charge in [0.15, 0.2) is 5.75 Å². The molecule has 0 aliphatic heterocycles. The first-order valence-electron chi connectivity index (χ1n) is 5.33. The zero-order valence-electron chi connectivity index (χ0n) is 10.1. The van der Waals surface area contributed by atoms with Crippen molar-refractivity contribution >= 4 is 21.6 Å². The van der Waals surface area contributed by atoms with Crippen molar-refractivity contribution < 1.29 is 9.47 Å². The number of nitrogen functional groups attached to an aromatic ring is 1.